The van der Waals surface area contributed by atoms with Crippen LogP contribution in [0.5, 0.6) is 0 Å². The summed E-state index contributed by atoms with van der Waals surface area (Å²) in [6, 6.07) is 21.7. The summed E-state index contributed by atoms with van der Waals surface area (Å²) < 4.78 is 11.3. The van der Waals surface area contributed by atoms with E-state index in [0.29, 0.717) is 6.61 Å². The molecule has 0 bridgehead atoms. The number of imide groups is 1. The smallest absolute Gasteiger partial charge is 0.416 e. The van der Waals surface area contributed by atoms with E-state index in [9.17, 15) is 9.59 Å². The fourth-order valence-corrected chi connectivity index (χ4v) is 6.04. The predicted molar refractivity (Wildman–Crippen MR) is 160 cm³/mol. The van der Waals surface area contributed by atoms with Gasteiger partial charge in [0.25, 0.3) is 0 Å². The molecule has 2 atom stereocenters. The van der Waals surface area contributed by atoms with Gasteiger partial charge in [0.2, 0.25) is 5.91 Å². The average molecular weight is 568 g/mol. The molecule has 1 aromatic heterocycles. The molecule has 1 heterocycles. The second-order valence-electron chi connectivity index (χ2n) is 11.2. The standard InChI is InChI=1S/C30H41N3O4SSi/c1-30(2,3)39(5,6)37-20-24(31)25-18-17-23(38-25)19-33(29(35)36-4)28(34)27(32)26(21-13-9-7-10-14-21)22-15-11-8-12-16-22/h7-18,24,26-27H,19-20,31-32H2,1-6H3/t24-,27+/m1/s1. The molecule has 2 amide bonds. The van der Waals surface area contributed by atoms with Gasteiger partial charge >= 0.3 is 6.09 Å². The number of carbonyl (C=O) groups excluding carboxylic acids is 2. The van der Waals surface area contributed by atoms with Gasteiger partial charge in [-0.05, 0) is 41.4 Å². The summed E-state index contributed by atoms with van der Waals surface area (Å²) in [6.07, 6.45) is -0.754. The van der Waals surface area contributed by atoms with Gasteiger partial charge in [0.15, 0.2) is 8.32 Å². The molecule has 0 spiro atoms. The molecule has 0 fully saturated rings. The van der Waals surface area contributed by atoms with Gasteiger partial charge in [0.1, 0.15) is 0 Å². The van der Waals surface area contributed by atoms with Crippen LogP contribution in [0.25, 0.3) is 0 Å². The van der Waals surface area contributed by atoms with Gasteiger partial charge in [-0.2, -0.15) is 0 Å². The third-order valence-electron chi connectivity index (χ3n) is 7.41. The van der Waals surface area contributed by atoms with Gasteiger partial charge in [-0.3, -0.25) is 4.79 Å². The average Bonchev–Trinajstić information content (AvgIpc) is 3.39. The number of ether oxygens (including phenoxy) is 1. The molecule has 3 aromatic rings. The zero-order valence-corrected chi connectivity index (χ0v) is 25.5. The van der Waals surface area contributed by atoms with Crippen LogP contribution in [0.1, 0.15) is 53.6 Å². The van der Waals surface area contributed by atoms with E-state index in [4.69, 9.17) is 20.6 Å². The maximum Gasteiger partial charge on any atom is 0.416 e. The van der Waals surface area contributed by atoms with Crippen molar-refractivity contribution < 1.29 is 18.8 Å². The van der Waals surface area contributed by atoms with Crippen LogP contribution in [0.4, 0.5) is 4.79 Å². The van der Waals surface area contributed by atoms with Gasteiger partial charge in [-0.1, -0.05) is 81.4 Å². The van der Waals surface area contributed by atoms with Crippen molar-refractivity contribution in [1.29, 1.82) is 0 Å². The van der Waals surface area contributed by atoms with Gasteiger partial charge in [-0.25, -0.2) is 9.69 Å². The van der Waals surface area contributed by atoms with E-state index < -0.39 is 32.3 Å². The molecule has 39 heavy (non-hydrogen) atoms. The molecule has 7 nitrogen and oxygen atoms in total. The van der Waals surface area contributed by atoms with Crippen molar-refractivity contribution in [3.8, 4) is 0 Å². The van der Waals surface area contributed by atoms with E-state index >= 15 is 0 Å². The lowest BCUT2D eigenvalue weighted by atomic mass is 9.85. The molecule has 0 aliphatic rings. The highest BCUT2D eigenvalue weighted by Crippen LogP contribution is 2.37. The zero-order chi connectivity index (χ0) is 28.8. The lowest BCUT2D eigenvalue weighted by Crippen LogP contribution is -2.49. The van der Waals surface area contributed by atoms with Crippen LogP contribution in [-0.2, 0) is 20.5 Å². The minimum Gasteiger partial charge on any atom is -0.452 e. The minimum absolute atomic E-state index is 0.0377. The fourth-order valence-electron chi connectivity index (χ4n) is 4.02. The highest BCUT2D eigenvalue weighted by atomic mass is 32.1. The number of nitrogens with zero attached hydrogens (tertiary/aromatic N) is 1. The maximum absolute atomic E-state index is 13.7. The molecule has 0 saturated carbocycles. The van der Waals surface area contributed by atoms with E-state index in [1.807, 2.05) is 72.8 Å². The molecule has 0 unspecified atom stereocenters. The summed E-state index contributed by atoms with van der Waals surface area (Å²) in [5.74, 6) is -0.952. The van der Waals surface area contributed by atoms with Crippen molar-refractivity contribution >= 4 is 31.7 Å². The number of amides is 2. The van der Waals surface area contributed by atoms with Gasteiger partial charge in [-0.15, -0.1) is 11.3 Å². The van der Waals surface area contributed by atoms with Crippen LogP contribution >= 0.6 is 11.3 Å². The largest absolute Gasteiger partial charge is 0.452 e. The molecular formula is C30H41N3O4SSi. The normalized spacial score (nSPS) is 13.7. The first kappa shape index (κ1) is 30.7. The van der Waals surface area contributed by atoms with Crippen LogP contribution in [0, 0.1) is 0 Å². The lowest BCUT2D eigenvalue weighted by molar-refractivity contribution is -0.131. The van der Waals surface area contributed by atoms with Crippen molar-refractivity contribution in [1.82, 2.24) is 4.90 Å². The Morgan fingerprint density at radius 1 is 0.923 bits per heavy atom. The Kier molecular flexibility index (Phi) is 10.3. The number of rotatable bonds is 10. The van der Waals surface area contributed by atoms with E-state index in [1.165, 1.54) is 18.4 Å². The molecule has 2 aromatic carbocycles. The number of carbonyl (C=O) groups is 2. The van der Waals surface area contributed by atoms with Crippen LogP contribution < -0.4 is 11.5 Å². The van der Waals surface area contributed by atoms with Crippen LogP contribution in [-0.4, -0.2) is 45.0 Å². The third-order valence-corrected chi connectivity index (χ3v) is 13.1. The highest BCUT2D eigenvalue weighted by molar-refractivity contribution is 7.12. The zero-order valence-electron chi connectivity index (χ0n) is 23.7. The summed E-state index contributed by atoms with van der Waals surface area (Å²) in [4.78, 5) is 29.4. The molecular weight excluding hydrogens is 527 g/mol. The van der Waals surface area contributed by atoms with Crippen molar-refractivity contribution in [2.75, 3.05) is 13.7 Å². The quantitative estimate of drug-likeness (QED) is 0.290. The number of nitrogens with two attached hydrogens (primary N) is 2. The summed E-state index contributed by atoms with van der Waals surface area (Å²) >= 11 is 1.45. The number of hydrogen-bond acceptors (Lipinski definition) is 7. The molecule has 210 valence electrons. The SMILES string of the molecule is COC(=O)N(Cc1ccc([C@H](N)CO[Si](C)(C)C(C)(C)C)s1)C(=O)[C@@H](N)C(c1ccccc1)c1ccccc1. The van der Waals surface area contributed by atoms with Crippen molar-refractivity contribution in [3.05, 3.63) is 93.7 Å². The summed E-state index contributed by atoms with van der Waals surface area (Å²) in [7, 11) is -0.680. The van der Waals surface area contributed by atoms with Crippen LogP contribution in [0.2, 0.25) is 18.1 Å². The Balaban J connectivity index is 1.80. The highest BCUT2D eigenvalue weighted by Gasteiger charge is 2.38. The molecule has 4 N–H and O–H groups in total. The number of methoxy groups -OCH3 is 1. The maximum atomic E-state index is 13.7. The molecule has 0 radical (unpaired) electrons. The second kappa shape index (κ2) is 13.0. The molecule has 9 heteroatoms. The van der Waals surface area contributed by atoms with E-state index in [1.54, 1.807) is 0 Å². The first-order valence-electron chi connectivity index (χ1n) is 13.1. The first-order chi connectivity index (χ1) is 18.4. The number of hydrogen-bond donors (Lipinski definition) is 2. The van der Waals surface area contributed by atoms with Crippen LogP contribution in [0.15, 0.2) is 72.8 Å². The molecule has 0 aliphatic carbocycles. The van der Waals surface area contributed by atoms with Crippen molar-refractivity contribution in [3.63, 3.8) is 0 Å². The molecule has 0 saturated heterocycles. The van der Waals surface area contributed by atoms with E-state index in [0.717, 1.165) is 25.8 Å². The predicted octanol–water partition coefficient (Wildman–Crippen LogP) is 6.02. The lowest BCUT2D eigenvalue weighted by Gasteiger charge is -2.36. The fraction of sp³-hybridized carbons (Fsp3) is 0.400. The van der Waals surface area contributed by atoms with Crippen molar-refractivity contribution in [2.24, 2.45) is 11.5 Å². The minimum atomic E-state index is -1.94. The summed E-state index contributed by atoms with van der Waals surface area (Å²) in [5.41, 5.74) is 14.9. The Labute approximate surface area is 237 Å². The number of thiophene rings is 1. The molecule has 0 aliphatic heterocycles. The van der Waals surface area contributed by atoms with E-state index in [-0.39, 0.29) is 17.6 Å². The Morgan fingerprint density at radius 2 is 1.46 bits per heavy atom. The van der Waals surface area contributed by atoms with E-state index in [2.05, 4.69) is 33.9 Å². The topological polar surface area (TPSA) is 108 Å². The van der Waals surface area contributed by atoms with Gasteiger partial charge < -0.3 is 20.6 Å². The Morgan fingerprint density at radius 3 is 1.95 bits per heavy atom. The van der Waals surface area contributed by atoms with Gasteiger partial charge in [0, 0.05) is 15.7 Å². The monoisotopic (exact) mass is 567 g/mol. The Bertz CT molecular complexity index is 1190. The van der Waals surface area contributed by atoms with Crippen molar-refractivity contribution in [2.45, 2.75) is 63.4 Å². The molecule has 3 rings (SSSR count). The summed E-state index contributed by atoms with van der Waals surface area (Å²) in [5, 5.41) is 0.0881. The second-order valence-corrected chi connectivity index (χ2v) is 17.2. The number of benzene rings is 2. The van der Waals surface area contributed by atoms with Crippen LogP contribution in [0.3, 0.4) is 0 Å². The first-order valence-corrected chi connectivity index (χ1v) is 16.8. The van der Waals surface area contributed by atoms with Gasteiger partial charge in [0.05, 0.1) is 32.3 Å². The Hall–Kier alpha value is -2.82. The third kappa shape index (κ3) is 7.64. The summed E-state index contributed by atoms with van der Waals surface area (Å²) in [6.45, 7) is 11.4.